The van der Waals surface area contributed by atoms with Crippen molar-refractivity contribution in [3.63, 3.8) is 0 Å². The third kappa shape index (κ3) is 4.10. The minimum Gasteiger partial charge on any atom is -0.349 e. The normalized spacial score (nSPS) is 19.8. The van der Waals surface area contributed by atoms with Crippen LogP contribution in [0.5, 0.6) is 0 Å². The maximum absolute atomic E-state index is 9.51. The quantitative estimate of drug-likeness (QED) is 0.406. The van der Waals surface area contributed by atoms with Crippen molar-refractivity contribution in [3.8, 4) is 6.07 Å². The van der Waals surface area contributed by atoms with E-state index in [1.54, 1.807) is 12.4 Å². The summed E-state index contributed by atoms with van der Waals surface area (Å²) in [5.41, 5.74) is 4.65. The Kier molecular flexibility index (Phi) is 6.35. The van der Waals surface area contributed by atoms with E-state index in [-0.39, 0.29) is 6.04 Å². The fraction of sp³-hybridized carbons (Fsp3) is 0.444. The lowest BCUT2D eigenvalue weighted by Gasteiger charge is -2.49. The Hall–Kier alpha value is -3.57. The Balaban J connectivity index is 1.58. The van der Waals surface area contributed by atoms with Crippen molar-refractivity contribution >= 4 is 22.6 Å². The Bertz CT molecular complexity index is 1370. The second-order valence-corrected chi connectivity index (χ2v) is 9.42. The predicted molar refractivity (Wildman–Crippen MR) is 137 cm³/mol. The fourth-order valence-corrected chi connectivity index (χ4v) is 5.47. The number of nitrogens with zero attached hydrogens (tertiary/aromatic N) is 8. The van der Waals surface area contributed by atoms with Crippen LogP contribution in [0.1, 0.15) is 62.9 Å². The van der Waals surface area contributed by atoms with Crippen molar-refractivity contribution in [3.05, 3.63) is 59.5 Å². The first-order valence-electron chi connectivity index (χ1n) is 12.6. The van der Waals surface area contributed by atoms with E-state index in [9.17, 15) is 5.26 Å². The molecule has 1 saturated heterocycles. The van der Waals surface area contributed by atoms with Crippen molar-refractivity contribution in [1.82, 2.24) is 29.5 Å². The summed E-state index contributed by atoms with van der Waals surface area (Å²) < 4.78 is 1.84. The molecule has 8 nitrogen and oxygen atoms in total. The predicted octanol–water partition coefficient (Wildman–Crippen LogP) is 4.68. The lowest BCUT2D eigenvalue weighted by Crippen LogP contribution is -2.59. The van der Waals surface area contributed by atoms with E-state index in [2.05, 4.69) is 83.0 Å². The maximum atomic E-state index is 9.51. The molecule has 8 heteroatoms. The maximum Gasteiger partial charge on any atom is 0.257 e. The summed E-state index contributed by atoms with van der Waals surface area (Å²) in [7, 11) is 0. The van der Waals surface area contributed by atoms with Crippen LogP contribution >= 0.6 is 0 Å². The SMILES string of the molecule is CC[C@H]1CN([C@H](CC)c2ccc(C)cc2)[C@H](CC)CN1c1nc2nncn2c2ccc(C#N)nc12. The fourth-order valence-electron chi connectivity index (χ4n) is 5.47. The molecule has 0 unspecified atom stereocenters. The number of fused-ring (bicyclic) bond motifs is 3. The van der Waals surface area contributed by atoms with Crippen LogP contribution in [0.25, 0.3) is 16.8 Å². The molecule has 4 aromatic rings. The smallest absolute Gasteiger partial charge is 0.257 e. The van der Waals surface area contributed by atoms with E-state index in [4.69, 9.17) is 4.98 Å². The van der Waals surface area contributed by atoms with Crippen LogP contribution < -0.4 is 4.90 Å². The van der Waals surface area contributed by atoms with Gasteiger partial charge in [0, 0.05) is 31.2 Å². The van der Waals surface area contributed by atoms with Crippen molar-refractivity contribution in [2.45, 2.75) is 65.1 Å². The molecule has 1 aliphatic rings. The molecule has 0 radical (unpaired) electrons. The first-order chi connectivity index (χ1) is 17.1. The summed E-state index contributed by atoms with van der Waals surface area (Å²) in [6.07, 6.45) is 4.74. The van der Waals surface area contributed by atoms with Gasteiger partial charge >= 0.3 is 0 Å². The van der Waals surface area contributed by atoms with Gasteiger partial charge in [-0.25, -0.2) is 4.98 Å². The molecular formula is C27H32N8. The first-order valence-corrected chi connectivity index (χ1v) is 12.6. The van der Waals surface area contributed by atoms with Crippen LogP contribution in [0.4, 0.5) is 5.82 Å². The third-order valence-electron chi connectivity index (χ3n) is 7.40. The lowest BCUT2D eigenvalue weighted by molar-refractivity contribution is 0.0896. The number of aromatic nitrogens is 5. The highest BCUT2D eigenvalue weighted by molar-refractivity contribution is 5.88. The minimum atomic E-state index is 0.269. The highest BCUT2D eigenvalue weighted by Gasteiger charge is 2.37. The van der Waals surface area contributed by atoms with Gasteiger partial charge in [0.1, 0.15) is 23.6 Å². The van der Waals surface area contributed by atoms with Crippen molar-refractivity contribution in [2.75, 3.05) is 18.0 Å². The molecule has 1 fully saturated rings. The summed E-state index contributed by atoms with van der Waals surface area (Å²) >= 11 is 0. The lowest BCUT2D eigenvalue weighted by atomic mass is 9.94. The molecular weight excluding hydrogens is 436 g/mol. The summed E-state index contributed by atoms with van der Waals surface area (Å²) in [5.74, 6) is 1.35. The Morgan fingerprint density at radius 3 is 2.46 bits per heavy atom. The Morgan fingerprint density at radius 2 is 1.77 bits per heavy atom. The van der Waals surface area contributed by atoms with Crippen molar-refractivity contribution < 1.29 is 0 Å². The molecule has 0 amide bonds. The van der Waals surface area contributed by atoms with Crippen molar-refractivity contribution in [2.24, 2.45) is 0 Å². The van der Waals surface area contributed by atoms with Gasteiger partial charge in [0.25, 0.3) is 5.78 Å². The molecule has 3 atom stereocenters. The topological polar surface area (TPSA) is 86.2 Å². The van der Waals surface area contributed by atoms with E-state index in [0.29, 0.717) is 23.6 Å². The van der Waals surface area contributed by atoms with Crippen LogP contribution in [-0.2, 0) is 0 Å². The molecule has 5 rings (SSSR count). The summed E-state index contributed by atoms with van der Waals surface area (Å²) in [6.45, 7) is 10.7. The molecule has 0 spiro atoms. The molecule has 0 saturated carbocycles. The van der Waals surface area contributed by atoms with Crippen molar-refractivity contribution in [1.29, 1.82) is 5.26 Å². The van der Waals surface area contributed by atoms with Gasteiger partial charge in [-0.3, -0.25) is 9.30 Å². The molecule has 1 aromatic carbocycles. The number of hydrogen-bond donors (Lipinski definition) is 0. The summed E-state index contributed by atoms with van der Waals surface area (Å²) in [4.78, 5) is 14.7. The average molecular weight is 469 g/mol. The van der Waals surface area contributed by atoms with Crippen LogP contribution in [0, 0.1) is 18.3 Å². The van der Waals surface area contributed by atoms with Gasteiger partial charge in [-0.1, -0.05) is 50.6 Å². The van der Waals surface area contributed by atoms with Crippen LogP contribution in [0.2, 0.25) is 0 Å². The van der Waals surface area contributed by atoms with E-state index in [1.807, 2.05) is 10.5 Å². The van der Waals surface area contributed by atoms with Crippen LogP contribution in [0.3, 0.4) is 0 Å². The second kappa shape index (κ2) is 9.59. The van der Waals surface area contributed by atoms with E-state index < -0.39 is 0 Å². The average Bonchev–Trinajstić information content (AvgIpc) is 3.38. The van der Waals surface area contributed by atoms with Gasteiger partial charge in [0.2, 0.25) is 0 Å². The van der Waals surface area contributed by atoms with Gasteiger partial charge in [-0.2, -0.15) is 10.2 Å². The first kappa shape index (κ1) is 23.2. The number of pyridine rings is 1. The molecule has 1 aliphatic heterocycles. The Labute approximate surface area is 206 Å². The highest BCUT2D eigenvalue weighted by Crippen LogP contribution is 2.35. The number of nitriles is 1. The van der Waals surface area contributed by atoms with E-state index >= 15 is 0 Å². The Morgan fingerprint density at radius 1 is 1.00 bits per heavy atom. The molecule has 0 aliphatic carbocycles. The number of piperazine rings is 1. The van der Waals surface area contributed by atoms with Gasteiger partial charge < -0.3 is 4.90 Å². The largest absolute Gasteiger partial charge is 0.349 e. The van der Waals surface area contributed by atoms with Gasteiger partial charge in [0.15, 0.2) is 5.82 Å². The standard InChI is InChI=1S/C27H32N8/c1-5-21-16-34(22(6-2)15-33(21)23(7-3)19-10-8-18(4)9-11-19)26-25-24(13-12-20(14-28)30-25)35-17-29-32-27(35)31-26/h8-13,17,21-23H,5-7,15-16H2,1-4H3/t21-,22+,23-/m1/s1. The molecule has 0 bridgehead atoms. The number of anilines is 1. The number of hydrogen-bond acceptors (Lipinski definition) is 7. The molecule has 180 valence electrons. The third-order valence-corrected chi connectivity index (χ3v) is 7.40. The minimum absolute atomic E-state index is 0.269. The summed E-state index contributed by atoms with van der Waals surface area (Å²) in [5, 5.41) is 17.8. The molecule has 4 heterocycles. The van der Waals surface area contributed by atoms with Gasteiger partial charge in [-0.05, 0) is 43.9 Å². The highest BCUT2D eigenvalue weighted by atomic mass is 15.4. The number of aryl methyl sites for hydroxylation is 1. The van der Waals surface area contributed by atoms with E-state index in [0.717, 1.165) is 49.2 Å². The van der Waals surface area contributed by atoms with Gasteiger partial charge in [-0.15, -0.1) is 10.2 Å². The zero-order chi connectivity index (χ0) is 24.5. The molecule has 35 heavy (non-hydrogen) atoms. The zero-order valence-electron chi connectivity index (χ0n) is 20.9. The van der Waals surface area contributed by atoms with Gasteiger partial charge in [0.05, 0.1) is 5.52 Å². The zero-order valence-corrected chi connectivity index (χ0v) is 20.9. The molecule has 0 N–H and O–H groups in total. The second-order valence-electron chi connectivity index (χ2n) is 9.42. The van der Waals surface area contributed by atoms with E-state index in [1.165, 1.54) is 11.1 Å². The summed E-state index contributed by atoms with van der Waals surface area (Å²) in [6, 6.07) is 15.9. The number of rotatable bonds is 6. The van der Waals surface area contributed by atoms with Crippen LogP contribution in [0.15, 0.2) is 42.7 Å². The van der Waals surface area contributed by atoms with Crippen LogP contribution in [-0.4, -0.2) is 54.6 Å². The monoisotopic (exact) mass is 468 g/mol. The molecule has 3 aromatic heterocycles. The number of benzene rings is 1.